The maximum absolute atomic E-state index is 12.3. The van der Waals surface area contributed by atoms with Gasteiger partial charge in [0.05, 0.1) is 5.69 Å². The van der Waals surface area contributed by atoms with Gasteiger partial charge in [0.15, 0.2) is 11.5 Å². The highest BCUT2D eigenvalue weighted by molar-refractivity contribution is 6.30. The first kappa shape index (κ1) is 18.9. The van der Waals surface area contributed by atoms with E-state index in [0.717, 1.165) is 12.1 Å². The molecule has 0 saturated heterocycles. The van der Waals surface area contributed by atoms with Gasteiger partial charge in [0.1, 0.15) is 0 Å². The Morgan fingerprint density at radius 3 is 2.67 bits per heavy atom. The summed E-state index contributed by atoms with van der Waals surface area (Å²) in [5, 5.41) is 6.22. The quantitative estimate of drug-likeness (QED) is 0.776. The number of ether oxygens (including phenoxy) is 1. The zero-order chi connectivity index (χ0) is 19.4. The Labute approximate surface area is 162 Å². The number of halogens is 1. The predicted molar refractivity (Wildman–Crippen MR) is 106 cm³/mol. The van der Waals surface area contributed by atoms with Crippen LogP contribution in [0.2, 0.25) is 5.02 Å². The Morgan fingerprint density at radius 1 is 1.22 bits per heavy atom. The van der Waals surface area contributed by atoms with Crippen molar-refractivity contribution in [2.45, 2.75) is 0 Å². The first-order valence-corrected chi connectivity index (χ1v) is 8.83. The van der Waals surface area contributed by atoms with Crippen LogP contribution in [0.5, 0.6) is 5.75 Å². The Hall–Kier alpha value is -2.83. The summed E-state index contributed by atoms with van der Waals surface area (Å²) < 4.78 is 5.70. The zero-order valence-electron chi connectivity index (χ0n) is 15.1. The van der Waals surface area contributed by atoms with Crippen LogP contribution in [-0.2, 0) is 4.79 Å². The number of nitrogens with one attached hydrogen (secondary N) is 2. The Bertz CT molecular complexity index is 892. The molecule has 2 aromatic rings. The van der Waals surface area contributed by atoms with E-state index in [1.54, 1.807) is 48.5 Å². The highest BCUT2D eigenvalue weighted by atomic mass is 35.5. The maximum atomic E-state index is 12.3. The standard InChI is InChI=1S/C20H20ClN3O3/c1-24(2)10-9-22-19(25)14-5-8-17-16(12-14)23-20(26)18(27-17)11-13-3-6-15(21)7-4-13/h3-8,11-12H,9-10H2,1-2H3,(H,22,25)(H,23,26)/b18-11+. The first-order chi connectivity index (χ1) is 12.9. The molecule has 3 rings (SSSR count). The number of carbonyl (C=O) groups excluding carboxylic acids is 2. The van der Waals surface area contributed by atoms with Gasteiger partial charge in [-0.25, -0.2) is 0 Å². The summed E-state index contributed by atoms with van der Waals surface area (Å²) in [5.74, 6) is 0.0895. The van der Waals surface area contributed by atoms with E-state index in [4.69, 9.17) is 16.3 Å². The lowest BCUT2D eigenvalue weighted by molar-refractivity contribution is -0.115. The second-order valence-corrected chi connectivity index (χ2v) is 6.82. The fourth-order valence-electron chi connectivity index (χ4n) is 2.51. The molecule has 1 aliphatic heterocycles. The molecule has 1 heterocycles. The topological polar surface area (TPSA) is 70.7 Å². The van der Waals surface area contributed by atoms with Gasteiger partial charge in [-0.05, 0) is 56.1 Å². The molecular weight excluding hydrogens is 366 g/mol. The van der Waals surface area contributed by atoms with Crippen LogP contribution < -0.4 is 15.4 Å². The van der Waals surface area contributed by atoms with E-state index in [1.165, 1.54) is 0 Å². The van der Waals surface area contributed by atoms with Crippen molar-refractivity contribution in [1.82, 2.24) is 10.2 Å². The molecule has 0 atom stereocenters. The molecule has 27 heavy (non-hydrogen) atoms. The molecule has 2 aromatic carbocycles. The van der Waals surface area contributed by atoms with Crippen molar-refractivity contribution in [2.75, 3.05) is 32.5 Å². The largest absolute Gasteiger partial charge is 0.449 e. The number of anilines is 1. The Morgan fingerprint density at radius 2 is 1.96 bits per heavy atom. The Balaban J connectivity index is 1.74. The average Bonchev–Trinajstić information content (AvgIpc) is 2.63. The van der Waals surface area contributed by atoms with Gasteiger partial charge in [0.2, 0.25) is 0 Å². The second kappa shape index (κ2) is 8.24. The molecule has 0 spiro atoms. The molecule has 0 radical (unpaired) electrons. The van der Waals surface area contributed by atoms with Gasteiger partial charge in [0.25, 0.3) is 11.8 Å². The summed E-state index contributed by atoms with van der Waals surface area (Å²) >= 11 is 5.87. The monoisotopic (exact) mass is 385 g/mol. The molecule has 0 aromatic heterocycles. The summed E-state index contributed by atoms with van der Waals surface area (Å²) in [7, 11) is 3.88. The number of rotatable bonds is 5. The van der Waals surface area contributed by atoms with E-state index in [1.807, 2.05) is 19.0 Å². The van der Waals surface area contributed by atoms with Crippen molar-refractivity contribution in [1.29, 1.82) is 0 Å². The summed E-state index contributed by atoms with van der Waals surface area (Å²) in [6.45, 7) is 1.29. The van der Waals surface area contributed by atoms with Crippen LogP contribution in [0, 0.1) is 0 Å². The molecule has 7 heteroatoms. The molecular formula is C20H20ClN3O3. The SMILES string of the molecule is CN(C)CCNC(=O)c1ccc2c(c1)NC(=O)/C(=C\c1ccc(Cl)cc1)O2. The van der Waals surface area contributed by atoms with E-state index in [0.29, 0.717) is 28.6 Å². The number of amides is 2. The van der Waals surface area contributed by atoms with Gasteiger partial charge in [-0.3, -0.25) is 9.59 Å². The van der Waals surface area contributed by atoms with Crippen molar-refractivity contribution in [3.63, 3.8) is 0 Å². The summed E-state index contributed by atoms with van der Waals surface area (Å²) in [6.07, 6.45) is 1.64. The van der Waals surface area contributed by atoms with Crippen LogP contribution in [0.4, 0.5) is 5.69 Å². The summed E-state index contributed by atoms with van der Waals surface area (Å²) in [6, 6.07) is 12.0. The molecule has 140 valence electrons. The fourth-order valence-corrected chi connectivity index (χ4v) is 2.63. The minimum absolute atomic E-state index is 0.174. The van der Waals surface area contributed by atoms with Crippen LogP contribution in [0.1, 0.15) is 15.9 Å². The molecule has 0 bridgehead atoms. The van der Waals surface area contributed by atoms with Crippen LogP contribution in [0.15, 0.2) is 48.2 Å². The number of hydrogen-bond donors (Lipinski definition) is 2. The van der Waals surface area contributed by atoms with E-state index in [-0.39, 0.29) is 17.6 Å². The van der Waals surface area contributed by atoms with E-state index in [2.05, 4.69) is 10.6 Å². The molecule has 2 amide bonds. The van der Waals surface area contributed by atoms with Crippen molar-refractivity contribution in [3.8, 4) is 5.75 Å². The van der Waals surface area contributed by atoms with Crippen molar-refractivity contribution < 1.29 is 14.3 Å². The molecule has 0 aliphatic carbocycles. The highest BCUT2D eigenvalue weighted by Crippen LogP contribution is 2.32. The molecule has 2 N–H and O–H groups in total. The fraction of sp³-hybridized carbons (Fsp3) is 0.200. The third kappa shape index (κ3) is 4.87. The lowest BCUT2D eigenvalue weighted by Gasteiger charge is -2.20. The third-order valence-electron chi connectivity index (χ3n) is 3.95. The average molecular weight is 386 g/mol. The molecule has 0 unspecified atom stereocenters. The lowest BCUT2D eigenvalue weighted by atomic mass is 10.1. The van der Waals surface area contributed by atoms with Gasteiger partial charge < -0.3 is 20.3 Å². The number of hydrogen-bond acceptors (Lipinski definition) is 4. The van der Waals surface area contributed by atoms with E-state index in [9.17, 15) is 9.59 Å². The van der Waals surface area contributed by atoms with Gasteiger partial charge in [-0.2, -0.15) is 0 Å². The van der Waals surface area contributed by atoms with Crippen LogP contribution in [-0.4, -0.2) is 43.9 Å². The van der Waals surface area contributed by atoms with Crippen LogP contribution in [0.3, 0.4) is 0 Å². The minimum Gasteiger partial charge on any atom is -0.449 e. The minimum atomic E-state index is -0.373. The summed E-state index contributed by atoms with van der Waals surface area (Å²) in [5.41, 5.74) is 1.72. The number of nitrogens with zero attached hydrogens (tertiary/aromatic N) is 1. The lowest BCUT2D eigenvalue weighted by Crippen LogP contribution is -2.31. The smallest absolute Gasteiger partial charge is 0.291 e. The number of likely N-dealkylation sites (N-methyl/N-ethyl adjacent to an activating group) is 1. The molecule has 0 fully saturated rings. The number of carbonyl (C=O) groups is 2. The number of fused-ring (bicyclic) bond motifs is 1. The normalized spacial score (nSPS) is 14.5. The van der Waals surface area contributed by atoms with Gasteiger partial charge in [0, 0.05) is 23.7 Å². The molecule has 6 nitrogen and oxygen atoms in total. The van der Waals surface area contributed by atoms with Crippen molar-refractivity contribution in [3.05, 3.63) is 64.4 Å². The molecule has 0 saturated carbocycles. The van der Waals surface area contributed by atoms with Gasteiger partial charge in [-0.1, -0.05) is 23.7 Å². The maximum Gasteiger partial charge on any atom is 0.291 e. The van der Waals surface area contributed by atoms with Crippen molar-refractivity contribution >= 4 is 35.2 Å². The highest BCUT2D eigenvalue weighted by Gasteiger charge is 2.23. The number of benzene rings is 2. The van der Waals surface area contributed by atoms with Crippen LogP contribution in [0.25, 0.3) is 6.08 Å². The Kier molecular flexibility index (Phi) is 5.78. The van der Waals surface area contributed by atoms with Gasteiger partial charge >= 0.3 is 0 Å². The summed E-state index contributed by atoms with van der Waals surface area (Å²) in [4.78, 5) is 26.5. The van der Waals surface area contributed by atoms with E-state index >= 15 is 0 Å². The van der Waals surface area contributed by atoms with Crippen LogP contribution >= 0.6 is 11.6 Å². The zero-order valence-corrected chi connectivity index (χ0v) is 15.8. The van der Waals surface area contributed by atoms with E-state index < -0.39 is 0 Å². The molecule has 1 aliphatic rings. The van der Waals surface area contributed by atoms with Crippen molar-refractivity contribution in [2.24, 2.45) is 0 Å². The second-order valence-electron chi connectivity index (χ2n) is 6.39. The third-order valence-corrected chi connectivity index (χ3v) is 4.20. The predicted octanol–water partition coefficient (Wildman–Crippen LogP) is 3.00. The first-order valence-electron chi connectivity index (χ1n) is 8.46. The van der Waals surface area contributed by atoms with Gasteiger partial charge in [-0.15, -0.1) is 0 Å².